The van der Waals surface area contributed by atoms with Crippen LogP contribution in [-0.4, -0.2) is 37.3 Å². The lowest BCUT2D eigenvalue weighted by Gasteiger charge is -2.13. The number of carbonyl (C=O) groups is 2. The Morgan fingerprint density at radius 1 is 1.06 bits per heavy atom. The number of thiophene rings is 1. The lowest BCUT2D eigenvalue weighted by Crippen LogP contribution is -2.34. The topological polar surface area (TPSA) is 103 Å². The van der Waals surface area contributed by atoms with Crippen molar-refractivity contribution >= 4 is 45.5 Å². The van der Waals surface area contributed by atoms with Crippen LogP contribution < -0.4 is 21.1 Å². The monoisotopic (exact) mass is 483 g/mol. The third-order valence-corrected chi connectivity index (χ3v) is 6.24. The lowest BCUT2D eigenvalue weighted by molar-refractivity contribution is 0.0968. The van der Waals surface area contributed by atoms with Gasteiger partial charge in [-0.25, -0.2) is 0 Å². The average Bonchev–Trinajstić information content (AvgIpc) is 3.09. The zero-order valence-electron chi connectivity index (χ0n) is 18.3. The molecule has 0 radical (unpaired) electrons. The number of anilines is 1. The Labute approximate surface area is 201 Å². The molecule has 0 aliphatic carbocycles. The normalized spacial score (nSPS) is 10.5. The van der Waals surface area contributed by atoms with Crippen LogP contribution in [0.1, 0.15) is 36.7 Å². The third-order valence-electron chi connectivity index (χ3n) is 4.83. The summed E-state index contributed by atoms with van der Waals surface area (Å²) in [5.74, 6) is -0.569. The molecule has 3 aromatic rings. The highest BCUT2D eigenvalue weighted by Crippen LogP contribution is 2.34. The molecule has 2 amide bonds. The summed E-state index contributed by atoms with van der Waals surface area (Å²) in [7, 11) is 1.57. The van der Waals surface area contributed by atoms with E-state index in [2.05, 4.69) is 10.6 Å². The molecule has 172 valence electrons. The van der Waals surface area contributed by atoms with Crippen LogP contribution in [-0.2, 0) is 11.2 Å². The van der Waals surface area contributed by atoms with Gasteiger partial charge in [-0.3, -0.25) is 14.9 Å². The fourth-order valence-corrected chi connectivity index (χ4v) is 4.72. The first-order chi connectivity index (χ1) is 15.9. The van der Waals surface area contributed by atoms with Crippen LogP contribution in [0.15, 0.2) is 54.6 Å². The first kappa shape index (κ1) is 24.4. The smallest absolute Gasteiger partial charge is 0.261 e. The molecule has 1 aromatic heterocycles. The number of hydrogen-bond acceptors (Lipinski definition) is 6. The van der Waals surface area contributed by atoms with Gasteiger partial charge in [0.05, 0.1) is 17.7 Å². The van der Waals surface area contributed by atoms with E-state index < -0.39 is 11.8 Å². The predicted octanol–water partition coefficient (Wildman–Crippen LogP) is 3.90. The van der Waals surface area contributed by atoms with Gasteiger partial charge in [-0.2, -0.15) is 0 Å². The maximum Gasteiger partial charge on any atom is 0.261 e. The van der Waals surface area contributed by atoms with Crippen molar-refractivity contribution in [3.8, 4) is 5.75 Å². The van der Waals surface area contributed by atoms with Crippen molar-refractivity contribution in [2.24, 2.45) is 5.73 Å². The molecule has 2 aromatic carbocycles. The van der Waals surface area contributed by atoms with Crippen molar-refractivity contribution in [2.75, 3.05) is 25.6 Å². The zero-order valence-corrected chi connectivity index (χ0v) is 20.0. The molecular formula is C24H25N3O4S2. The van der Waals surface area contributed by atoms with Crippen molar-refractivity contribution in [3.05, 3.63) is 81.7 Å². The van der Waals surface area contributed by atoms with Crippen molar-refractivity contribution in [1.29, 1.82) is 0 Å². The van der Waals surface area contributed by atoms with Crippen LogP contribution in [0, 0.1) is 6.92 Å². The quantitative estimate of drug-likeness (QED) is 0.315. The molecule has 0 saturated heterocycles. The van der Waals surface area contributed by atoms with E-state index in [-0.39, 0.29) is 5.11 Å². The van der Waals surface area contributed by atoms with Gasteiger partial charge in [0.1, 0.15) is 17.4 Å². The fraction of sp³-hybridized carbons (Fsp3) is 0.208. The van der Waals surface area contributed by atoms with Crippen LogP contribution in [0.3, 0.4) is 0 Å². The van der Waals surface area contributed by atoms with Crippen molar-refractivity contribution < 1.29 is 19.1 Å². The van der Waals surface area contributed by atoms with Crippen molar-refractivity contribution in [3.63, 3.8) is 0 Å². The Balaban J connectivity index is 1.74. The van der Waals surface area contributed by atoms with E-state index in [1.165, 1.54) is 11.3 Å². The maximum absolute atomic E-state index is 12.8. The molecule has 0 fully saturated rings. The van der Waals surface area contributed by atoms with Gasteiger partial charge in [-0.05, 0) is 42.4 Å². The van der Waals surface area contributed by atoms with E-state index in [1.807, 2.05) is 37.3 Å². The van der Waals surface area contributed by atoms with Gasteiger partial charge in [0.15, 0.2) is 5.11 Å². The SMILES string of the molecule is COCCOc1ccccc1C(=O)NC(=S)Nc1sc(Cc2ccccc2)c(C)c1C(N)=O. The van der Waals surface area contributed by atoms with Crippen molar-refractivity contribution in [1.82, 2.24) is 5.32 Å². The number of thiocarbonyl (C=S) groups is 1. The number of para-hydroxylation sites is 1. The van der Waals surface area contributed by atoms with E-state index in [0.717, 1.165) is 16.0 Å². The molecule has 33 heavy (non-hydrogen) atoms. The molecule has 3 rings (SSSR count). The summed E-state index contributed by atoms with van der Waals surface area (Å²) in [4.78, 5) is 25.9. The molecule has 0 bridgehead atoms. The summed E-state index contributed by atoms with van der Waals surface area (Å²) in [5, 5.41) is 6.17. The summed E-state index contributed by atoms with van der Waals surface area (Å²) >= 11 is 6.73. The first-order valence-electron chi connectivity index (χ1n) is 10.2. The van der Waals surface area contributed by atoms with Gasteiger partial charge in [0.25, 0.3) is 11.8 Å². The van der Waals surface area contributed by atoms with Crippen LogP contribution >= 0.6 is 23.6 Å². The van der Waals surface area contributed by atoms with E-state index in [1.54, 1.807) is 31.4 Å². The average molecular weight is 484 g/mol. The Morgan fingerprint density at radius 2 is 1.76 bits per heavy atom. The van der Waals surface area contributed by atoms with Crippen LogP contribution in [0.2, 0.25) is 0 Å². The molecule has 4 N–H and O–H groups in total. The highest BCUT2D eigenvalue weighted by Gasteiger charge is 2.21. The van der Waals surface area contributed by atoms with Crippen LogP contribution in [0.4, 0.5) is 5.00 Å². The summed E-state index contributed by atoms with van der Waals surface area (Å²) in [6.45, 7) is 2.56. The molecule has 1 heterocycles. The second-order valence-electron chi connectivity index (χ2n) is 7.13. The van der Waals surface area contributed by atoms with E-state index in [9.17, 15) is 9.59 Å². The number of primary amides is 1. The zero-order chi connectivity index (χ0) is 23.8. The van der Waals surface area contributed by atoms with Gasteiger partial charge >= 0.3 is 0 Å². The van der Waals surface area contributed by atoms with Crippen LogP contribution in [0.25, 0.3) is 0 Å². The number of ether oxygens (including phenoxy) is 2. The molecular weight excluding hydrogens is 458 g/mol. The molecule has 0 spiro atoms. The van der Waals surface area contributed by atoms with Gasteiger partial charge in [0, 0.05) is 18.4 Å². The molecule has 9 heteroatoms. The van der Waals surface area contributed by atoms with E-state index in [4.69, 9.17) is 27.4 Å². The highest BCUT2D eigenvalue weighted by molar-refractivity contribution is 7.80. The second-order valence-corrected chi connectivity index (χ2v) is 8.64. The van der Waals surface area contributed by atoms with Gasteiger partial charge in [-0.15, -0.1) is 11.3 Å². The predicted molar refractivity (Wildman–Crippen MR) is 134 cm³/mol. The molecule has 7 nitrogen and oxygen atoms in total. The Morgan fingerprint density at radius 3 is 2.45 bits per heavy atom. The number of rotatable bonds is 9. The Hall–Kier alpha value is -3.27. The maximum atomic E-state index is 12.8. The minimum absolute atomic E-state index is 0.0571. The molecule has 0 atom stereocenters. The second kappa shape index (κ2) is 11.6. The van der Waals surface area contributed by atoms with E-state index >= 15 is 0 Å². The number of hydrogen-bond donors (Lipinski definition) is 3. The van der Waals surface area contributed by atoms with Crippen LogP contribution in [0.5, 0.6) is 5.75 Å². The first-order valence-corrected chi connectivity index (χ1v) is 11.4. The number of benzene rings is 2. The summed E-state index contributed by atoms with van der Waals surface area (Å²) < 4.78 is 10.6. The molecule has 0 unspecified atom stereocenters. The molecule has 0 aliphatic heterocycles. The largest absolute Gasteiger partial charge is 0.490 e. The molecule has 0 saturated carbocycles. The minimum Gasteiger partial charge on any atom is -0.490 e. The number of carbonyl (C=O) groups excluding carboxylic acids is 2. The van der Waals surface area contributed by atoms with Gasteiger partial charge < -0.3 is 20.5 Å². The summed E-state index contributed by atoms with van der Waals surface area (Å²) in [5.41, 5.74) is 8.25. The highest BCUT2D eigenvalue weighted by atomic mass is 32.1. The fourth-order valence-electron chi connectivity index (χ4n) is 3.21. The van der Waals surface area contributed by atoms with Gasteiger partial charge in [-0.1, -0.05) is 42.5 Å². The minimum atomic E-state index is -0.559. The Bertz CT molecular complexity index is 1150. The third kappa shape index (κ3) is 6.38. The lowest BCUT2D eigenvalue weighted by atomic mass is 10.1. The Kier molecular flexibility index (Phi) is 8.53. The summed E-state index contributed by atoms with van der Waals surface area (Å²) in [6, 6.07) is 16.8. The van der Waals surface area contributed by atoms with Crippen molar-refractivity contribution in [2.45, 2.75) is 13.3 Å². The number of nitrogens with one attached hydrogen (secondary N) is 2. The number of methoxy groups -OCH3 is 1. The molecule has 0 aliphatic rings. The number of amides is 2. The number of nitrogens with two attached hydrogens (primary N) is 1. The van der Waals surface area contributed by atoms with E-state index in [0.29, 0.717) is 41.5 Å². The summed E-state index contributed by atoms with van der Waals surface area (Å²) in [6.07, 6.45) is 0.657. The standard InChI is InChI=1S/C24H25N3O4S2/c1-15-19(14-16-8-4-3-5-9-16)33-23(20(15)21(25)28)27-24(32)26-22(29)17-10-6-7-11-18(17)31-13-12-30-2/h3-11H,12-14H2,1-2H3,(H2,25,28)(H2,26,27,29,32). The van der Waals surface area contributed by atoms with Gasteiger partial charge in [0.2, 0.25) is 0 Å².